The van der Waals surface area contributed by atoms with Gasteiger partial charge in [0.1, 0.15) is 0 Å². The van der Waals surface area contributed by atoms with Gasteiger partial charge in [0.15, 0.2) is 0 Å². The van der Waals surface area contributed by atoms with Crippen molar-refractivity contribution in [1.82, 2.24) is 4.98 Å². The van der Waals surface area contributed by atoms with E-state index < -0.39 is 0 Å². The van der Waals surface area contributed by atoms with E-state index in [0.717, 1.165) is 22.2 Å². The van der Waals surface area contributed by atoms with E-state index >= 15 is 0 Å². The monoisotopic (exact) mass is 340 g/mol. The fourth-order valence-electron chi connectivity index (χ4n) is 2.58. The molecule has 0 aliphatic rings. The number of anilines is 1. The molecule has 3 heteroatoms. The smallest absolute Gasteiger partial charge is 0.0867 e. The molecular formula is C18H17BrN2. The lowest BCUT2D eigenvalue weighted by Crippen LogP contribution is -2.17. The summed E-state index contributed by atoms with van der Waals surface area (Å²) < 4.78 is 1.04. The second-order valence-corrected chi connectivity index (χ2v) is 6.11. The maximum absolute atomic E-state index is 4.65. The van der Waals surface area contributed by atoms with Crippen LogP contribution in [0.4, 0.5) is 5.69 Å². The summed E-state index contributed by atoms with van der Waals surface area (Å²) in [4.78, 5) is 6.93. The molecule has 0 saturated carbocycles. The third-order valence-electron chi connectivity index (χ3n) is 3.57. The molecule has 1 aromatic heterocycles. The average Bonchev–Trinajstić information content (AvgIpc) is 2.48. The first kappa shape index (κ1) is 14.1. The van der Waals surface area contributed by atoms with Crippen LogP contribution in [0.3, 0.4) is 0 Å². The van der Waals surface area contributed by atoms with Crippen molar-refractivity contribution in [3.05, 3.63) is 70.3 Å². The molecule has 3 rings (SSSR count). The highest BCUT2D eigenvalue weighted by Gasteiger charge is 2.10. The summed E-state index contributed by atoms with van der Waals surface area (Å²) in [5.74, 6) is 0. The van der Waals surface area contributed by atoms with Crippen molar-refractivity contribution < 1.29 is 0 Å². The largest absolute Gasteiger partial charge is 0.370 e. The highest BCUT2D eigenvalue weighted by molar-refractivity contribution is 9.10. The van der Waals surface area contributed by atoms with Crippen molar-refractivity contribution in [1.29, 1.82) is 0 Å². The Labute approximate surface area is 133 Å². The summed E-state index contributed by atoms with van der Waals surface area (Å²) in [6, 6.07) is 18.9. The zero-order valence-electron chi connectivity index (χ0n) is 12.2. The van der Waals surface area contributed by atoms with Crippen LogP contribution in [0.2, 0.25) is 0 Å². The summed E-state index contributed by atoms with van der Waals surface area (Å²) in [6.07, 6.45) is 0. The molecule has 0 aliphatic carbocycles. The van der Waals surface area contributed by atoms with E-state index in [1.165, 1.54) is 16.6 Å². The number of benzene rings is 2. The van der Waals surface area contributed by atoms with E-state index in [1.807, 2.05) is 19.1 Å². The van der Waals surface area contributed by atoms with E-state index in [2.05, 4.69) is 75.3 Å². The molecule has 0 aliphatic heterocycles. The third-order valence-corrected chi connectivity index (χ3v) is 4.21. The molecule has 2 aromatic carbocycles. The van der Waals surface area contributed by atoms with Crippen LogP contribution in [0.1, 0.15) is 11.3 Å². The van der Waals surface area contributed by atoms with Crippen LogP contribution in [0, 0.1) is 6.92 Å². The Bertz CT molecular complexity index is 769. The minimum atomic E-state index is 0.881. The molecular weight excluding hydrogens is 324 g/mol. The highest BCUT2D eigenvalue weighted by atomic mass is 79.9. The molecule has 2 nitrogen and oxygen atoms in total. The number of para-hydroxylation sites is 1. The molecule has 0 amide bonds. The van der Waals surface area contributed by atoms with E-state index in [9.17, 15) is 0 Å². The molecule has 0 N–H and O–H groups in total. The summed E-state index contributed by atoms with van der Waals surface area (Å²) in [6.45, 7) is 2.92. The molecule has 1 heterocycles. The van der Waals surface area contributed by atoms with E-state index in [-0.39, 0.29) is 0 Å². The number of aromatic nitrogens is 1. The molecule has 106 valence electrons. The number of hydrogen-bond acceptors (Lipinski definition) is 2. The fourth-order valence-corrected chi connectivity index (χ4v) is 3.03. The normalized spacial score (nSPS) is 10.8. The number of aryl methyl sites for hydroxylation is 1. The predicted molar refractivity (Wildman–Crippen MR) is 92.7 cm³/mol. The Hall–Kier alpha value is -1.87. The van der Waals surface area contributed by atoms with E-state index in [1.54, 1.807) is 0 Å². The maximum Gasteiger partial charge on any atom is 0.0867 e. The van der Waals surface area contributed by atoms with Crippen LogP contribution in [0.5, 0.6) is 0 Å². The van der Waals surface area contributed by atoms with Crippen molar-refractivity contribution in [3.8, 4) is 0 Å². The number of pyridine rings is 1. The predicted octanol–water partition coefficient (Wildman–Crippen LogP) is 4.94. The second-order valence-electron chi connectivity index (χ2n) is 5.26. The lowest BCUT2D eigenvalue weighted by Gasteiger charge is -2.22. The van der Waals surface area contributed by atoms with Gasteiger partial charge in [0.25, 0.3) is 0 Å². The first-order valence-electron chi connectivity index (χ1n) is 6.96. The van der Waals surface area contributed by atoms with Gasteiger partial charge >= 0.3 is 0 Å². The summed E-state index contributed by atoms with van der Waals surface area (Å²) in [5.41, 5.74) is 4.57. The SMILES string of the molecule is Cc1cc(N(C)Cc2ccccc2)c2cccc(Br)c2n1. The van der Waals surface area contributed by atoms with Gasteiger partial charge in [-0.2, -0.15) is 0 Å². The minimum absolute atomic E-state index is 0.881. The van der Waals surface area contributed by atoms with Crippen molar-refractivity contribution in [2.75, 3.05) is 11.9 Å². The Kier molecular flexibility index (Phi) is 3.93. The van der Waals surface area contributed by atoms with Gasteiger partial charge in [-0.15, -0.1) is 0 Å². The van der Waals surface area contributed by atoms with Gasteiger partial charge in [-0.1, -0.05) is 42.5 Å². The van der Waals surface area contributed by atoms with E-state index in [0.29, 0.717) is 0 Å². The Morgan fingerprint density at radius 1 is 1.05 bits per heavy atom. The van der Waals surface area contributed by atoms with Crippen LogP contribution in [0.15, 0.2) is 59.1 Å². The third kappa shape index (κ3) is 2.93. The van der Waals surface area contributed by atoms with Crippen LogP contribution in [0.25, 0.3) is 10.9 Å². The number of rotatable bonds is 3. The van der Waals surface area contributed by atoms with Crippen LogP contribution >= 0.6 is 15.9 Å². The van der Waals surface area contributed by atoms with Gasteiger partial charge in [-0.05, 0) is 40.5 Å². The van der Waals surface area contributed by atoms with Gasteiger partial charge in [0.05, 0.1) is 5.52 Å². The Balaban J connectivity index is 2.05. The molecule has 0 radical (unpaired) electrons. The van der Waals surface area contributed by atoms with Crippen LogP contribution in [-0.2, 0) is 6.54 Å². The topological polar surface area (TPSA) is 16.1 Å². The second kappa shape index (κ2) is 5.86. The first-order chi connectivity index (χ1) is 10.1. The lowest BCUT2D eigenvalue weighted by molar-refractivity contribution is 0.925. The van der Waals surface area contributed by atoms with Crippen molar-refractivity contribution >= 4 is 32.5 Å². The standard InChI is InChI=1S/C18H17BrN2/c1-13-11-17(15-9-6-10-16(19)18(15)20-13)21(2)12-14-7-4-3-5-8-14/h3-11H,12H2,1-2H3. The molecule has 0 bridgehead atoms. The zero-order valence-corrected chi connectivity index (χ0v) is 13.8. The molecule has 0 spiro atoms. The first-order valence-corrected chi connectivity index (χ1v) is 7.75. The molecule has 0 atom stereocenters. The molecule has 0 saturated heterocycles. The lowest BCUT2D eigenvalue weighted by atomic mass is 10.1. The molecule has 0 unspecified atom stereocenters. The summed E-state index contributed by atoms with van der Waals surface area (Å²) in [5, 5.41) is 1.17. The number of fused-ring (bicyclic) bond motifs is 1. The van der Waals surface area contributed by atoms with Gasteiger partial charge in [-0.3, -0.25) is 4.98 Å². The quantitative estimate of drug-likeness (QED) is 0.671. The minimum Gasteiger partial charge on any atom is -0.370 e. The van der Waals surface area contributed by atoms with Crippen molar-refractivity contribution in [2.24, 2.45) is 0 Å². The summed E-state index contributed by atoms with van der Waals surface area (Å²) >= 11 is 3.60. The van der Waals surface area contributed by atoms with Gasteiger partial charge < -0.3 is 4.90 Å². The zero-order chi connectivity index (χ0) is 14.8. The number of halogens is 1. The maximum atomic E-state index is 4.65. The molecule has 0 fully saturated rings. The van der Waals surface area contributed by atoms with Gasteiger partial charge in [0, 0.05) is 34.8 Å². The van der Waals surface area contributed by atoms with Crippen molar-refractivity contribution in [3.63, 3.8) is 0 Å². The summed E-state index contributed by atoms with van der Waals surface area (Å²) in [7, 11) is 2.13. The van der Waals surface area contributed by atoms with E-state index in [4.69, 9.17) is 0 Å². The Morgan fingerprint density at radius 2 is 1.81 bits per heavy atom. The van der Waals surface area contributed by atoms with Gasteiger partial charge in [-0.25, -0.2) is 0 Å². The number of nitrogens with zero attached hydrogens (tertiary/aromatic N) is 2. The fraction of sp³-hybridized carbons (Fsp3) is 0.167. The van der Waals surface area contributed by atoms with Crippen LogP contribution in [-0.4, -0.2) is 12.0 Å². The molecule has 3 aromatic rings. The highest BCUT2D eigenvalue weighted by Crippen LogP contribution is 2.31. The van der Waals surface area contributed by atoms with Crippen LogP contribution < -0.4 is 4.90 Å². The van der Waals surface area contributed by atoms with Gasteiger partial charge in [0.2, 0.25) is 0 Å². The average molecular weight is 341 g/mol. The number of hydrogen-bond donors (Lipinski definition) is 0. The Morgan fingerprint density at radius 3 is 2.57 bits per heavy atom. The molecule has 21 heavy (non-hydrogen) atoms. The van der Waals surface area contributed by atoms with Crippen molar-refractivity contribution in [2.45, 2.75) is 13.5 Å².